The number of nitrogens with one attached hydrogen (secondary N) is 1. The number of hydrogen-bond donors (Lipinski definition) is 1. The molecule has 1 aliphatic rings. The van der Waals surface area contributed by atoms with Gasteiger partial charge in [-0.15, -0.1) is 0 Å². The minimum atomic E-state index is -3.55. The summed E-state index contributed by atoms with van der Waals surface area (Å²) < 4.78 is 31.8. The third-order valence-corrected chi connectivity index (χ3v) is 5.80. The molecule has 7 nitrogen and oxygen atoms in total. The first-order chi connectivity index (χ1) is 10.5. The third-order valence-electron chi connectivity index (χ3n) is 3.90. The average Bonchev–Trinajstić information content (AvgIpc) is 2.87. The number of sulfonamides is 1. The molecule has 0 radical (unpaired) electrons. The maximum absolute atomic E-state index is 12.7. The number of piperazine rings is 1. The first kappa shape index (κ1) is 15.3. The first-order valence-electron chi connectivity index (χ1n) is 7.36. The Kier molecular flexibility index (Phi) is 4.07. The van der Waals surface area contributed by atoms with Gasteiger partial charge in [-0.1, -0.05) is 6.92 Å². The van der Waals surface area contributed by atoms with Crippen LogP contribution >= 0.6 is 0 Å². The van der Waals surface area contributed by atoms with Crippen LogP contribution in [0.25, 0.3) is 11.1 Å². The molecule has 2 heterocycles. The van der Waals surface area contributed by atoms with Gasteiger partial charge in [0.25, 0.3) is 0 Å². The third kappa shape index (κ3) is 2.81. The fraction of sp³-hybridized carbons (Fsp3) is 0.500. The van der Waals surface area contributed by atoms with Crippen molar-refractivity contribution in [1.29, 1.82) is 0 Å². The number of oxazole rings is 1. The van der Waals surface area contributed by atoms with Crippen LogP contribution < -0.4 is 5.76 Å². The van der Waals surface area contributed by atoms with Crippen molar-refractivity contribution in [3.8, 4) is 0 Å². The van der Waals surface area contributed by atoms with Crippen LogP contribution in [-0.2, 0) is 10.0 Å². The number of fused-ring (bicyclic) bond motifs is 1. The summed E-state index contributed by atoms with van der Waals surface area (Å²) in [5.74, 6) is -0.585. The van der Waals surface area contributed by atoms with E-state index in [9.17, 15) is 13.2 Å². The standard InChI is InChI=1S/C14H19N3O4S/c1-2-5-16-6-8-17(9-7-16)22(19,20)11-3-4-12-13(10-11)21-14(18)15-12/h3-4,10H,2,5-9H2,1H3,(H,15,18). The van der Waals surface area contributed by atoms with E-state index in [1.54, 1.807) is 6.07 Å². The minimum absolute atomic E-state index is 0.159. The Balaban J connectivity index is 1.84. The molecule has 8 heteroatoms. The van der Waals surface area contributed by atoms with E-state index in [0.717, 1.165) is 26.1 Å². The molecule has 0 amide bonds. The topological polar surface area (TPSA) is 86.6 Å². The highest BCUT2D eigenvalue weighted by atomic mass is 32.2. The predicted molar refractivity (Wildman–Crippen MR) is 82.3 cm³/mol. The van der Waals surface area contributed by atoms with Crippen LogP contribution in [0.1, 0.15) is 13.3 Å². The summed E-state index contributed by atoms with van der Waals surface area (Å²) in [4.78, 5) is 16.1. The highest BCUT2D eigenvalue weighted by molar-refractivity contribution is 7.89. The number of hydrogen-bond acceptors (Lipinski definition) is 5. The fourth-order valence-electron chi connectivity index (χ4n) is 2.74. The van der Waals surface area contributed by atoms with E-state index in [4.69, 9.17) is 4.42 Å². The van der Waals surface area contributed by atoms with Gasteiger partial charge in [0.15, 0.2) is 5.58 Å². The van der Waals surface area contributed by atoms with Gasteiger partial charge in [-0.25, -0.2) is 13.2 Å². The summed E-state index contributed by atoms with van der Waals surface area (Å²) in [6, 6.07) is 4.46. The van der Waals surface area contributed by atoms with Crippen LogP contribution in [0.2, 0.25) is 0 Å². The van der Waals surface area contributed by atoms with Gasteiger partial charge >= 0.3 is 5.76 Å². The molecule has 1 saturated heterocycles. The Morgan fingerprint density at radius 1 is 1.23 bits per heavy atom. The van der Waals surface area contributed by atoms with Gasteiger partial charge in [0.05, 0.1) is 10.4 Å². The molecule has 1 N–H and O–H groups in total. The fourth-order valence-corrected chi connectivity index (χ4v) is 4.18. The molecule has 1 fully saturated rings. The van der Waals surface area contributed by atoms with E-state index in [-0.39, 0.29) is 10.5 Å². The quantitative estimate of drug-likeness (QED) is 0.900. The van der Waals surface area contributed by atoms with E-state index in [0.29, 0.717) is 18.6 Å². The molecule has 3 rings (SSSR count). The number of rotatable bonds is 4. The Morgan fingerprint density at radius 2 is 1.95 bits per heavy atom. The second kappa shape index (κ2) is 5.86. The van der Waals surface area contributed by atoms with Gasteiger partial charge < -0.3 is 9.32 Å². The van der Waals surface area contributed by atoms with Crippen LogP contribution in [0.4, 0.5) is 0 Å². The summed E-state index contributed by atoms with van der Waals surface area (Å²) >= 11 is 0. The molecule has 1 aromatic heterocycles. The zero-order valence-electron chi connectivity index (χ0n) is 12.4. The highest BCUT2D eigenvalue weighted by Crippen LogP contribution is 2.21. The summed E-state index contributed by atoms with van der Waals surface area (Å²) in [6.07, 6.45) is 1.07. The first-order valence-corrected chi connectivity index (χ1v) is 8.80. The number of aromatic nitrogens is 1. The van der Waals surface area contributed by atoms with Crippen molar-refractivity contribution in [3.05, 3.63) is 28.7 Å². The van der Waals surface area contributed by atoms with Crippen molar-refractivity contribution in [2.75, 3.05) is 32.7 Å². The molecule has 0 spiro atoms. The van der Waals surface area contributed by atoms with Gasteiger partial charge in [0, 0.05) is 32.2 Å². The van der Waals surface area contributed by atoms with Gasteiger partial charge in [-0.05, 0) is 25.1 Å². The van der Waals surface area contributed by atoms with Gasteiger partial charge in [0.2, 0.25) is 10.0 Å². The van der Waals surface area contributed by atoms with Crippen LogP contribution in [-0.4, -0.2) is 55.3 Å². The van der Waals surface area contributed by atoms with Crippen molar-refractivity contribution >= 4 is 21.1 Å². The van der Waals surface area contributed by atoms with E-state index in [1.807, 2.05) is 0 Å². The maximum Gasteiger partial charge on any atom is 0.417 e. The van der Waals surface area contributed by atoms with Crippen molar-refractivity contribution in [2.24, 2.45) is 0 Å². The Bertz CT molecular complexity index is 816. The second-order valence-electron chi connectivity index (χ2n) is 5.42. The molecule has 2 aromatic rings. The minimum Gasteiger partial charge on any atom is -0.408 e. The smallest absolute Gasteiger partial charge is 0.408 e. The molecule has 22 heavy (non-hydrogen) atoms. The lowest BCUT2D eigenvalue weighted by Gasteiger charge is -2.33. The van der Waals surface area contributed by atoms with Gasteiger partial charge in [-0.2, -0.15) is 4.31 Å². The zero-order valence-corrected chi connectivity index (χ0v) is 13.2. The molecule has 0 bridgehead atoms. The van der Waals surface area contributed by atoms with E-state index >= 15 is 0 Å². The summed E-state index contributed by atoms with van der Waals surface area (Å²) in [5.41, 5.74) is 0.757. The monoisotopic (exact) mass is 325 g/mol. The Hall–Kier alpha value is -1.64. The second-order valence-corrected chi connectivity index (χ2v) is 7.36. The van der Waals surface area contributed by atoms with Crippen LogP contribution in [0.15, 0.2) is 32.3 Å². The molecule has 1 aromatic carbocycles. The molecular formula is C14H19N3O4S. The van der Waals surface area contributed by atoms with Crippen molar-refractivity contribution in [1.82, 2.24) is 14.2 Å². The van der Waals surface area contributed by atoms with Gasteiger partial charge in [-0.3, -0.25) is 4.98 Å². The molecule has 0 saturated carbocycles. The van der Waals surface area contributed by atoms with E-state index in [2.05, 4.69) is 16.8 Å². The van der Waals surface area contributed by atoms with Crippen LogP contribution in [0, 0.1) is 0 Å². The maximum atomic E-state index is 12.7. The summed E-state index contributed by atoms with van der Waals surface area (Å²) in [6.45, 7) is 5.56. The number of aromatic amines is 1. The van der Waals surface area contributed by atoms with Crippen molar-refractivity contribution < 1.29 is 12.8 Å². The van der Waals surface area contributed by atoms with Gasteiger partial charge in [0.1, 0.15) is 0 Å². The number of nitrogens with zero attached hydrogens (tertiary/aromatic N) is 2. The SMILES string of the molecule is CCCN1CCN(S(=O)(=O)c2ccc3[nH]c(=O)oc3c2)CC1. The lowest BCUT2D eigenvalue weighted by molar-refractivity contribution is 0.188. The lowest BCUT2D eigenvalue weighted by atomic mass is 10.3. The lowest BCUT2D eigenvalue weighted by Crippen LogP contribution is -2.48. The number of benzene rings is 1. The molecule has 0 aliphatic carbocycles. The summed E-state index contributed by atoms with van der Waals surface area (Å²) in [7, 11) is -3.55. The van der Waals surface area contributed by atoms with Crippen molar-refractivity contribution in [3.63, 3.8) is 0 Å². The van der Waals surface area contributed by atoms with E-state index in [1.165, 1.54) is 16.4 Å². The molecule has 0 unspecified atom stereocenters. The predicted octanol–water partition coefficient (Wildman–Crippen LogP) is 0.837. The highest BCUT2D eigenvalue weighted by Gasteiger charge is 2.28. The zero-order chi connectivity index (χ0) is 15.7. The average molecular weight is 325 g/mol. The van der Waals surface area contributed by atoms with Crippen LogP contribution in [0.3, 0.4) is 0 Å². The molecular weight excluding hydrogens is 306 g/mol. The normalized spacial score (nSPS) is 18.0. The molecule has 120 valence electrons. The van der Waals surface area contributed by atoms with Crippen molar-refractivity contribution in [2.45, 2.75) is 18.2 Å². The largest absolute Gasteiger partial charge is 0.417 e. The molecule has 1 aliphatic heterocycles. The number of H-pyrrole nitrogens is 1. The van der Waals surface area contributed by atoms with E-state index < -0.39 is 15.8 Å². The Morgan fingerprint density at radius 3 is 2.64 bits per heavy atom. The Labute approximate surface area is 128 Å². The molecule has 0 atom stereocenters. The van der Waals surface area contributed by atoms with Crippen LogP contribution in [0.5, 0.6) is 0 Å². The summed E-state index contributed by atoms with van der Waals surface area (Å²) in [5, 5.41) is 0.